The predicted molar refractivity (Wildman–Crippen MR) is 120 cm³/mol. The second-order valence-electron chi connectivity index (χ2n) is 9.62. The quantitative estimate of drug-likeness (QED) is 0.607. The average Bonchev–Trinajstić information content (AvgIpc) is 3.23. The topological polar surface area (TPSA) is 54.5 Å². The van der Waals surface area contributed by atoms with E-state index in [1.807, 2.05) is 20.8 Å². The molecule has 0 atom stereocenters. The highest BCUT2D eigenvalue weighted by Crippen LogP contribution is 2.33. The minimum atomic E-state index is -3.10. The van der Waals surface area contributed by atoms with Gasteiger partial charge < -0.3 is 4.90 Å². The molecule has 2 fully saturated rings. The van der Waals surface area contributed by atoms with Gasteiger partial charge in [-0.2, -0.15) is 0 Å². The Morgan fingerprint density at radius 2 is 1.62 bits per heavy atom. The van der Waals surface area contributed by atoms with Gasteiger partial charge in [0.1, 0.15) is 5.78 Å². The molecule has 0 N–H and O–H groups in total. The van der Waals surface area contributed by atoms with E-state index in [1.54, 1.807) is 0 Å². The van der Waals surface area contributed by atoms with Crippen LogP contribution in [0.15, 0.2) is 24.3 Å². The van der Waals surface area contributed by atoms with Crippen molar-refractivity contribution in [2.75, 3.05) is 23.7 Å². The maximum atomic E-state index is 12.8. The molecule has 5 heteroatoms. The second kappa shape index (κ2) is 9.20. The summed E-state index contributed by atoms with van der Waals surface area (Å²) < 4.78 is 24.7. The Labute approximate surface area is 177 Å². The zero-order valence-corrected chi connectivity index (χ0v) is 19.1. The molecule has 29 heavy (non-hydrogen) atoms. The monoisotopic (exact) mass is 419 g/mol. The predicted octanol–water partition coefficient (Wildman–Crippen LogP) is 4.81. The number of ketones is 1. The molecule has 0 aromatic heterocycles. The summed E-state index contributed by atoms with van der Waals surface area (Å²) in [7, 11) is -3.10. The maximum absolute atomic E-state index is 12.8. The summed E-state index contributed by atoms with van der Waals surface area (Å²) in [6.45, 7) is 7.85. The molecular weight excluding hydrogens is 382 g/mol. The van der Waals surface area contributed by atoms with Crippen molar-refractivity contribution in [3.05, 3.63) is 29.8 Å². The van der Waals surface area contributed by atoms with Gasteiger partial charge in [0.2, 0.25) is 0 Å². The van der Waals surface area contributed by atoms with Gasteiger partial charge >= 0.3 is 0 Å². The number of carbonyl (C=O) groups is 1. The van der Waals surface area contributed by atoms with E-state index < -0.39 is 14.6 Å². The summed E-state index contributed by atoms with van der Waals surface area (Å²) in [5.41, 5.74) is 2.35. The van der Waals surface area contributed by atoms with Crippen LogP contribution in [-0.2, 0) is 21.1 Å². The third-order valence-corrected chi connectivity index (χ3v) is 10.1. The van der Waals surface area contributed by atoms with Crippen molar-refractivity contribution < 1.29 is 13.2 Å². The first-order valence-electron chi connectivity index (χ1n) is 11.3. The van der Waals surface area contributed by atoms with Crippen LogP contribution < -0.4 is 4.90 Å². The molecule has 0 spiro atoms. The molecule has 1 saturated carbocycles. The van der Waals surface area contributed by atoms with E-state index in [4.69, 9.17) is 0 Å². The van der Waals surface area contributed by atoms with Crippen LogP contribution in [-0.4, -0.2) is 37.8 Å². The SMILES string of the molecule is CCC(C)(C)S(=O)(=O)CC1CCC(C(=O)Cc2ccc(N3CCCC3)cc2)CC1. The van der Waals surface area contributed by atoms with Crippen LogP contribution in [0.4, 0.5) is 5.69 Å². The maximum Gasteiger partial charge on any atom is 0.155 e. The Hall–Kier alpha value is -1.36. The number of sulfone groups is 1. The van der Waals surface area contributed by atoms with Gasteiger partial charge in [-0.3, -0.25) is 4.79 Å². The molecule has 0 unspecified atom stereocenters. The largest absolute Gasteiger partial charge is 0.372 e. The molecule has 0 amide bonds. The first kappa shape index (κ1) is 22.3. The molecule has 3 rings (SSSR count). The van der Waals surface area contributed by atoms with Gasteiger partial charge in [-0.1, -0.05) is 19.1 Å². The lowest BCUT2D eigenvalue weighted by atomic mass is 9.79. The lowest BCUT2D eigenvalue weighted by molar-refractivity contribution is -0.123. The van der Waals surface area contributed by atoms with Crippen LogP contribution in [0, 0.1) is 11.8 Å². The molecule has 1 aliphatic heterocycles. The normalized spacial score (nSPS) is 23.3. The van der Waals surface area contributed by atoms with Gasteiger partial charge in [0.15, 0.2) is 9.84 Å². The molecule has 2 aliphatic rings. The van der Waals surface area contributed by atoms with Crippen molar-refractivity contribution in [2.24, 2.45) is 11.8 Å². The molecule has 162 valence electrons. The third kappa shape index (κ3) is 5.42. The van der Waals surface area contributed by atoms with E-state index in [0.717, 1.165) is 44.3 Å². The van der Waals surface area contributed by atoms with Crippen molar-refractivity contribution >= 4 is 21.3 Å². The molecular formula is C24H37NO3S. The Balaban J connectivity index is 1.49. The molecule has 1 aromatic carbocycles. The van der Waals surface area contributed by atoms with Crippen molar-refractivity contribution in [3.63, 3.8) is 0 Å². The van der Waals surface area contributed by atoms with Crippen LogP contribution in [0.2, 0.25) is 0 Å². The number of hydrogen-bond acceptors (Lipinski definition) is 4. The lowest BCUT2D eigenvalue weighted by Gasteiger charge is -2.31. The number of benzene rings is 1. The van der Waals surface area contributed by atoms with Crippen LogP contribution in [0.25, 0.3) is 0 Å². The van der Waals surface area contributed by atoms with E-state index in [1.165, 1.54) is 18.5 Å². The molecule has 1 aliphatic carbocycles. The number of carbonyl (C=O) groups excluding carboxylic acids is 1. The summed E-state index contributed by atoms with van der Waals surface area (Å²) in [6.07, 6.45) is 7.03. The summed E-state index contributed by atoms with van der Waals surface area (Å²) in [5.74, 6) is 0.877. The van der Waals surface area contributed by atoms with Crippen LogP contribution in [0.3, 0.4) is 0 Å². The Kier molecular flexibility index (Phi) is 7.08. The summed E-state index contributed by atoms with van der Waals surface area (Å²) in [5, 5.41) is 0. The van der Waals surface area contributed by atoms with Gasteiger partial charge in [0, 0.05) is 31.1 Å². The van der Waals surface area contributed by atoms with E-state index in [9.17, 15) is 13.2 Å². The minimum Gasteiger partial charge on any atom is -0.372 e. The molecule has 1 heterocycles. The average molecular weight is 420 g/mol. The van der Waals surface area contributed by atoms with Gasteiger partial charge in [-0.25, -0.2) is 8.42 Å². The zero-order chi connectivity index (χ0) is 21.1. The van der Waals surface area contributed by atoms with Crippen molar-refractivity contribution in [3.8, 4) is 0 Å². The van der Waals surface area contributed by atoms with Crippen LogP contribution >= 0.6 is 0 Å². The molecule has 4 nitrogen and oxygen atoms in total. The standard InChI is InChI=1S/C24H37NO3S/c1-4-24(2,3)29(27,28)18-20-7-11-21(12-8-20)23(26)17-19-9-13-22(14-10-19)25-15-5-6-16-25/h9-10,13-14,20-21H,4-8,11-12,15-18H2,1-3H3. The molecule has 0 bridgehead atoms. The van der Waals surface area contributed by atoms with Gasteiger partial charge in [-0.15, -0.1) is 0 Å². The van der Waals surface area contributed by atoms with E-state index in [0.29, 0.717) is 18.6 Å². The smallest absolute Gasteiger partial charge is 0.155 e. The Morgan fingerprint density at radius 3 is 2.17 bits per heavy atom. The van der Waals surface area contributed by atoms with E-state index >= 15 is 0 Å². The van der Waals surface area contributed by atoms with Crippen LogP contribution in [0.5, 0.6) is 0 Å². The van der Waals surface area contributed by atoms with Crippen molar-refractivity contribution in [1.82, 2.24) is 0 Å². The third-order valence-electron chi connectivity index (χ3n) is 7.24. The van der Waals surface area contributed by atoms with Crippen molar-refractivity contribution in [1.29, 1.82) is 0 Å². The zero-order valence-electron chi connectivity index (χ0n) is 18.3. The van der Waals surface area contributed by atoms with E-state index in [2.05, 4.69) is 29.2 Å². The van der Waals surface area contributed by atoms with Gasteiger partial charge in [0.05, 0.1) is 10.5 Å². The first-order valence-corrected chi connectivity index (χ1v) is 13.0. The summed E-state index contributed by atoms with van der Waals surface area (Å²) in [6, 6.07) is 8.48. The number of Topliss-reactive ketones (excluding diaryl/α,β-unsaturated/α-hetero) is 1. The number of hydrogen-bond donors (Lipinski definition) is 0. The summed E-state index contributed by atoms with van der Waals surface area (Å²) >= 11 is 0. The fourth-order valence-electron chi connectivity index (χ4n) is 4.55. The highest BCUT2D eigenvalue weighted by atomic mass is 32.2. The van der Waals surface area contributed by atoms with Crippen LogP contribution in [0.1, 0.15) is 71.3 Å². The second-order valence-corrected chi connectivity index (χ2v) is 12.3. The Morgan fingerprint density at radius 1 is 1.03 bits per heavy atom. The first-order chi connectivity index (χ1) is 13.7. The fraction of sp³-hybridized carbons (Fsp3) is 0.708. The molecule has 1 saturated heterocycles. The van der Waals surface area contributed by atoms with Gasteiger partial charge in [0.25, 0.3) is 0 Å². The van der Waals surface area contributed by atoms with Crippen molar-refractivity contribution in [2.45, 2.75) is 76.9 Å². The molecule has 0 radical (unpaired) electrons. The fourth-order valence-corrected chi connectivity index (χ4v) is 6.40. The summed E-state index contributed by atoms with van der Waals surface area (Å²) in [4.78, 5) is 15.2. The number of rotatable bonds is 8. The number of anilines is 1. The highest BCUT2D eigenvalue weighted by Gasteiger charge is 2.36. The van der Waals surface area contributed by atoms with Gasteiger partial charge in [-0.05, 0) is 82.4 Å². The highest BCUT2D eigenvalue weighted by molar-refractivity contribution is 7.92. The minimum absolute atomic E-state index is 0.0893. The molecule has 1 aromatic rings. The lowest BCUT2D eigenvalue weighted by Crippen LogP contribution is -2.37. The Bertz CT molecular complexity index is 784. The van der Waals surface area contributed by atoms with E-state index in [-0.39, 0.29) is 17.6 Å². The number of nitrogens with zero attached hydrogens (tertiary/aromatic N) is 1.